The van der Waals surface area contributed by atoms with Gasteiger partial charge in [0.15, 0.2) is 0 Å². The fraction of sp³-hybridized carbons (Fsp3) is 0.273. The number of thioether (sulfide) groups is 1. The lowest BCUT2D eigenvalue weighted by Crippen LogP contribution is -2.32. The van der Waals surface area contributed by atoms with Gasteiger partial charge in [0.25, 0.3) is 11.8 Å². The number of aryl methyl sites for hydroxylation is 2. The van der Waals surface area contributed by atoms with Crippen LogP contribution in [-0.4, -0.2) is 35.9 Å². The fourth-order valence-electron chi connectivity index (χ4n) is 3.21. The number of benzene rings is 2. The number of amides is 2. The molecule has 0 aromatic heterocycles. The van der Waals surface area contributed by atoms with Crippen LogP contribution in [0.4, 0.5) is 5.69 Å². The predicted molar refractivity (Wildman–Crippen MR) is 112 cm³/mol. The average Bonchev–Trinajstić information content (AvgIpc) is 2.91. The first-order valence-electron chi connectivity index (χ1n) is 9.15. The molecular weight excluding hydrogens is 374 g/mol. The molecule has 5 nitrogen and oxygen atoms in total. The maximum Gasteiger partial charge on any atom is 0.272 e. The quantitative estimate of drug-likeness (QED) is 0.722. The number of ether oxygens (including phenoxy) is 1. The number of anilines is 1. The van der Waals surface area contributed by atoms with Crippen molar-refractivity contribution in [1.29, 1.82) is 0 Å². The van der Waals surface area contributed by atoms with E-state index in [4.69, 9.17) is 4.74 Å². The number of aliphatic hydroxyl groups is 1. The molecule has 2 amide bonds. The van der Waals surface area contributed by atoms with Crippen molar-refractivity contribution in [2.45, 2.75) is 20.8 Å². The van der Waals surface area contributed by atoms with Crippen LogP contribution in [0.15, 0.2) is 47.4 Å². The maximum atomic E-state index is 13.3. The highest BCUT2D eigenvalue weighted by atomic mass is 32.2. The summed E-state index contributed by atoms with van der Waals surface area (Å²) in [6, 6.07) is 12.8. The minimum Gasteiger partial charge on any atom is -0.494 e. The molecule has 0 radical (unpaired) electrons. The molecule has 1 N–H and O–H groups in total. The largest absolute Gasteiger partial charge is 0.494 e. The summed E-state index contributed by atoms with van der Waals surface area (Å²) in [6.07, 6.45) is 0. The molecule has 0 saturated carbocycles. The molecule has 0 unspecified atom stereocenters. The van der Waals surface area contributed by atoms with Crippen molar-refractivity contribution in [2.75, 3.05) is 23.9 Å². The van der Waals surface area contributed by atoms with Crippen molar-refractivity contribution in [3.63, 3.8) is 0 Å². The summed E-state index contributed by atoms with van der Waals surface area (Å²) < 4.78 is 5.46. The second-order valence-electron chi connectivity index (χ2n) is 6.47. The molecule has 146 valence electrons. The molecule has 0 atom stereocenters. The summed E-state index contributed by atoms with van der Waals surface area (Å²) >= 11 is 1.21. The Kier molecular flexibility index (Phi) is 6.21. The summed E-state index contributed by atoms with van der Waals surface area (Å²) in [6.45, 7) is 6.24. The van der Waals surface area contributed by atoms with E-state index in [0.717, 1.165) is 11.1 Å². The van der Waals surface area contributed by atoms with Crippen LogP contribution in [-0.2, 0) is 9.59 Å². The second-order valence-corrected chi connectivity index (χ2v) is 7.57. The van der Waals surface area contributed by atoms with Crippen LogP contribution in [0, 0.1) is 13.8 Å². The fourth-order valence-corrected chi connectivity index (χ4v) is 4.07. The third kappa shape index (κ3) is 3.84. The summed E-state index contributed by atoms with van der Waals surface area (Å²) in [5, 5.41) is 9.22. The first-order valence-corrected chi connectivity index (χ1v) is 10.1. The smallest absolute Gasteiger partial charge is 0.272 e. The van der Waals surface area contributed by atoms with E-state index in [-0.39, 0.29) is 18.4 Å². The highest BCUT2D eigenvalue weighted by Crippen LogP contribution is 2.39. The molecule has 28 heavy (non-hydrogen) atoms. The van der Waals surface area contributed by atoms with Crippen LogP contribution in [0.3, 0.4) is 0 Å². The normalized spacial score (nSPS) is 14.2. The van der Waals surface area contributed by atoms with Gasteiger partial charge in [-0.3, -0.25) is 9.59 Å². The summed E-state index contributed by atoms with van der Waals surface area (Å²) in [5.74, 6) is 0.357. The van der Waals surface area contributed by atoms with Crippen molar-refractivity contribution in [3.05, 3.63) is 64.1 Å². The van der Waals surface area contributed by atoms with E-state index < -0.39 is 0 Å². The minimum absolute atomic E-state index is 0.0737. The molecule has 2 aromatic rings. The van der Waals surface area contributed by atoms with Gasteiger partial charge < -0.3 is 9.84 Å². The molecule has 3 rings (SSSR count). The zero-order chi connectivity index (χ0) is 20.3. The average molecular weight is 397 g/mol. The Morgan fingerprint density at radius 3 is 2.36 bits per heavy atom. The lowest BCUT2D eigenvalue weighted by molar-refractivity contribution is -0.119. The van der Waals surface area contributed by atoms with E-state index in [0.29, 0.717) is 39.8 Å². The molecule has 0 aliphatic carbocycles. The van der Waals surface area contributed by atoms with Gasteiger partial charge in [-0.15, -0.1) is 11.8 Å². The molecule has 0 bridgehead atoms. The summed E-state index contributed by atoms with van der Waals surface area (Å²) in [4.78, 5) is 28.0. The van der Waals surface area contributed by atoms with Gasteiger partial charge in [-0.25, -0.2) is 4.90 Å². The highest BCUT2D eigenvalue weighted by molar-refractivity contribution is 8.04. The zero-order valence-electron chi connectivity index (χ0n) is 16.2. The van der Waals surface area contributed by atoms with Crippen molar-refractivity contribution < 1.29 is 19.4 Å². The molecule has 6 heteroatoms. The van der Waals surface area contributed by atoms with Gasteiger partial charge in [-0.1, -0.05) is 29.8 Å². The Labute approximate surface area is 169 Å². The number of imide groups is 1. The first-order chi connectivity index (χ1) is 13.5. The third-order valence-corrected chi connectivity index (χ3v) is 5.48. The lowest BCUT2D eigenvalue weighted by atomic mass is 10.1. The minimum atomic E-state index is -0.348. The molecule has 1 heterocycles. The highest BCUT2D eigenvalue weighted by Gasteiger charge is 2.40. The first kappa shape index (κ1) is 20.2. The van der Waals surface area contributed by atoms with Crippen molar-refractivity contribution in [2.24, 2.45) is 0 Å². The monoisotopic (exact) mass is 397 g/mol. The Hall–Kier alpha value is -2.57. The number of carbonyl (C=O) groups is 2. The number of hydrogen-bond donors (Lipinski definition) is 1. The van der Waals surface area contributed by atoms with E-state index in [9.17, 15) is 14.7 Å². The lowest BCUT2D eigenvalue weighted by Gasteiger charge is -2.18. The van der Waals surface area contributed by atoms with Crippen LogP contribution in [0.1, 0.15) is 23.6 Å². The van der Waals surface area contributed by atoms with E-state index in [1.54, 1.807) is 30.3 Å². The van der Waals surface area contributed by atoms with Crippen LogP contribution < -0.4 is 9.64 Å². The van der Waals surface area contributed by atoms with Gasteiger partial charge in [-0.05, 0) is 50.1 Å². The maximum absolute atomic E-state index is 13.3. The van der Waals surface area contributed by atoms with Crippen molar-refractivity contribution >= 4 is 34.8 Å². The van der Waals surface area contributed by atoms with Gasteiger partial charge in [0.05, 0.1) is 29.4 Å². The van der Waals surface area contributed by atoms with Gasteiger partial charge >= 0.3 is 0 Å². The standard InChI is InChI=1S/C22H23NO4S/c1-4-27-17-8-6-16(7-9-17)19-20(28-12-11-24)22(26)23(21(19)25)18-10-5-14(2)13-15(18)3/h5-10,13,24H,4,11-12H2,1-3H3. The Morgan fingerprint density at radius 1 is 1.04 bits per heavy atom. The molecule has 1 aliphatic heterocycles. The summed E-state index contributed by atoms with van der Waals surface area (Å²) in [7, 11) is 0. The molecular formula is C22H23NO4S. The van der Waals surface area contributed by atoms with Crippen molar-refractivity contribution in [1.82, 2.24) is 0 Å². The van der Waals surface area contributed by atoms with E-state index in [2.05, 4.69) is 0 Å². The molecule has 0 saturated heterocycles. The molecule has 0 spiro atoms. The van der Waals surface area contributed by atoms with Gasteiger partial charge in [0.1, 0.15) is 5.75 Å². The molecule has 2 aromatic carbocycles. The van der Waals surface area contributed by atoms with Crippen LogP contribution in [0.5, 0.6) is 5.75 Å². The number of aliphatic hydroxyl groups excluding tert-OH is 1. The van der Waals surface area contributed by atoms with Crippen LogP contribution in [0.2, 0.25) is 0 Å². The topological polar surface area (TPSA) is 66.8 Å². The SMILES string of the molecule is CCOc1ccc(C2=C(SCCO)C(=O)N(c3ccc(C)cc3C)C2=O)cc1. The van der Waals surface area contributed by atoms with Crippen LogP contribution >= 0.6 is 11.8 Å². The van der Waals surface area contributed by atoms with Gasteiger partial charge in [0.2, 0.25) is 0 Å². The van der Waals surface area contributed by atoms with Gasteiger partial charge in [-0.2, -0.15) is 0 Å². The summed E-state index contributed by atoms with van der Waals surface area (Å²) in [5.41, 5.74) is 3.54. The zero-order valence-corrected chi connectivity index (χ0v) is 17.0. The molecule has 0 fully saturated rings. The predicted octanol–water partition coefficient (Wildman–Crippen LogP) is 3.71. The molecule has 1 aliphatic rings. The van der Waals surface area contributed by atoms with E-state index >= 15 is 0 Å². The number of rotatable bonds is 7. The van der Waals surface area contributed by atoms with Crippen molar-refractivity contribution in [3.8, 4) is 5.75 Å². The van der Waals surface area contributed by atoms with E-state index in [1.165, 1.54) is 16.7 Å². The Morgan fingerprint density at radius 2 is 1.75 bits per heavy atom. The Bertz CT molecular complexity index is 934. The van der Waals surface area contributed by atoms with Crippen LogP contribution in [0.25, 0.3) is 5.57 Å². The Balaban J connectivity index is 2.04. The number of nitrogens with zero attached hydrogens (tertiary/aromatic N) is 1. The number of carbonyl (C=O) groups excluding carboxylic acids is 2. The number of hydrogen-bond acceptors (Lipinski definition) is 5. The van der Waals surface area contributed by atoms with E-state index in [1.807, 2.05) is 32.9 Å². The second kappa shape index (κ2) is 8.63. The van der Waals surface area contributed by atoms with Gasteiger partial charge in [0, 0.05) is 5.75 Å². The third-order valence-electron chi connectivity index (χ3n) is 4.43.